The highest BCUT2D eigenvalue weighted by molar-refractivity contribution is 7.07. The minimum atomic E-state index is 0.325. The summed E-state index contributed by atoms with van der Waals surface area (Å²) in [7, 11) is 0. The predicted molar refractivity (Wildman–Crippen MR) is 82.1 cm³/mol. The summed E-state index contributed by atoms with van der Waals surface area (Å²) in [5, 5.41) is 7.84. The van der Waals surface area contributed by atoms with E-state index in [9.17, 15) is 0 Å². The molecule has 2 aromatic heterocycles. The normalized spacial score (nSPS) is 12.3. The molecule has 1 N–H and O–H groups in total. The maximum atomic E-state index is 3.54. The lowest BCUT2D eigenvalue weighted by Crippen LogP contribution is -2.05. The fourth-order valence-corrected chi connectivity index (χ4v) is 2.87. The lowest BCUT2D eigenvalue weighted by Gasteiger charge is -2.15. The van der Waals surface area contributed by atoms with Crippen LogP contribution in [0.3, 0.4) is 0 Å². The van der Waals surface area contributed by atoms with Crippen LogP contribution in [0.25, 0.3) is 5.69 Å². The number of hydrogen-bond donors (Lipinski definition) is 1. The van der Waals surface area contributed by atoms with Crippen molar-refractivity contribution in [2.75, 3.05) is 5.32 Å². The highest BCUT2D eigenvalue weighted by Gasteiger charge is 2.05. The van der Waals surface area contributed by atoms with Crippen molar-refractivity contribution in [1.29, 1.82) is 0 Å². The van der Waals surface area contributed by atoms with E-state index in [2.05, 4.69) is 70.3 Å². The molecule has 1 atom stereocenters. The summed E-state index contributed by atoms with van der Waals surface area (Å²) in [6, 6.07) is 15.0. The Labute approximate surface area is 117 Å². The van der Waals surface area contributed by atoms with Gasteiger partial charge in [-0.25, -0.2) is 0 Å². The molecule has 19 heavy (non-hydrogen) atoms. The summed E-state index contributed by atoms with van der Waals surface area (Å²) in [6.45, 7) is 2.18. The van der Waals surface area contributed by atoms with Crippen LogP contribution < -0.4 is 5.32 Å². The molecule has 2 nitrogen and oxygen atoms in total. The van der Waals surface area contributed by atoms with E-state index in [4.69, 9.17) is 0 Å². The number of rotatable bonds is 4. The summed E-state index contributed by atoms with van der Waals surface area (Å²) in [6.07, 6.45) is 4.11. The van der Waals surface area contributed by atoms with Crippen LogP contribution in [0, 0.1) is 0 Å². The van der Waals surface area contributed by atoms with E-state index < -0.39 is 0 Å². The molecule has 3 heteroatoms. The minimum Gasteiger partial charge on any atom is -0.378 e. The molecule has 0 fully saturated rings. The Balaban J connectivity index is 1.80. The third-order valence-corrected chi connectivity index (χ3v) is 3.88. The standard InChI is InChI=1S/C16H16N2S/c1-13(14-7-10-19-12-14)17-15-5-4-6-16(11-15)18-8-2-3-9-18/h2-13,17H,1H3. The molecule has 3 aromatic rings. The van der Waals surface area contributed by atoms with E-state index >= 15 is 0 Å². The lowest BCUT2D eigenvalue weighted by molar-refractivity contribution is 0.890. The molecule has 3 rings (SSSR count). The number of nitrogens with one attached hydrogen (secondary N) is 1. The van der Waals surface area contributed by atoms with Gasteiger partial charge in [0.2, 0.25) is 0 Å². The Kier molecular flexibility index (Phi) is 3.38. The number of thiophene rings is 1. The highest BCUT2D eigenvalue weighted by Crippen LogP contribution is 2.22. The van der Waals surface area contributed by atoms with Gasteiger partial charge >= 0.3 is 0 Å². The van der Waals surface area contributed by atoms with Gasteiger partial charge in [0.25, 0.3) is 0 Å². The average Bonchev–Trinajstić information content (AvgIpc) is 3.13. The van der Waals surface area contributed by atoms with Crippen molar-refractivity contribution in [3.8, 4) is 5.69 Å². The monoisotopic (exact) mass is 268 g/mol. The van der Waals surface area contributed by atoms with Gasteiger partial charge in [0.1, 0.15) is 0 Å². The molecule has 0 aliphatic heterocycles. The van der Waals surface area contributed by atoms with Gasteiger partial charge in [-0.3, -0.25) is 0 Å². The molecule has 0 aliphatic carbocycles. The summed E-state index contributed by atoms with van der Waals surface area (Å²) in [5.41, 5.74) is 3.65. The molecule has 0 saturated carbocycles. The maximum Gasteiger partial charge on any atom is 0.0493 e. The van der Waals surface area contributed by atoms with Gasteiger partial charge in [-0.1, -0.05) is 6.07 Å². The Morgan fingerprint density at radius 1 is 1.11 bits per heavy atom. The average molecular weight is 268 g/mol. The number of aromatic nitrogens is 1. The second kappa shape index (κ2) is 5.33. The van der Waals surface area contributed by atoms with Crippen LogP contribution in [0.1, 0.15) is 18.5 Å². The highest BCUT2D eigenvalue weighted by atomic mass is 32.1. The molecule has 0 spiro atoms. The van der Waals surface area contributed by atoms with Crippen LogP contribution in [0.2, 0.25) is 0 Å². The Morgan fingerprint density at radius 2 is 1.95 bits per heavy atom. The molecular formula is C16H16N2S. The largest absolute Gasteiger partial charge is 0.378 e. The summed E-state index contributed by atoms with van der Waals surface area (Å²) >= 11 is 1.74. The van der Waals surface area contributed by atoms with Gasteiger partial charge in [0, 0.05) is 29.8 Å². The molecule has 2 heterocycles. The summed E-state index contributed by atoms with van der Waals surface area (Å²) in [4.78, 5) is 0. The van der Waals surface area contributed by atoms with Crippen molar-refractivity contribution < 1.29 is 0 Å². The minimum absolute atomic E-state index is 0.325. The molecule has 0 bridgehead atoms. The van der Waals surface area contributed by atoms with Gasteiger partial charge in [-0.05, 0) is 59.6 Å². The SMILES string of the molecule is CC(Nc1cccc(-n2cccc2)c1)c1ccsc1. The van der Waals surface area contributed by atoms with E-state index in [0.717, 1.165) is 5.69 Å². The Morgan fingerprint density at radius 3 is 2.68 bits per heavy atom. The Hall–Kier alpha value is -2.00. The predicted octanol–water partition coefficient (Wildman–Crippen LogP) is 4.71. The molecular weight excluding hydrogens is 252 g/mol. The maximum absolute atomic E-state index is 3.54. The van der Waals surface area contributed by atoms with Gasteiger partial charge < -0.3 is 9.88 Å². The first-order valence-corrected chi connectivity index (χ1v) is 7.29. The first-order valence-electron chi connectivity index (χ1n) is 6.35. The molecule has 0 aliphatic rings. The van der Waals surface area contributed by atoms with E-state index in [0.29, 0.717) is 6.04 Å². The van der Waals surface area contributed by atoms with Crippen LogP contribution in [-0.2, 0) is 0 Å². The van der Waals surface area contributed by atoms with Gasteiger partial charge in [0.15, 0.2) is 0 Å². The quantitative estimate of drug-likeness (QED) is 0.725. The van der Waals surface area contributed by atoms with Gasteiger partial charge in [-0.2, -0.15) is 11.3 Å². The second-order valence-corrected chi connectivity index (χ2v) is 5.34. The number of anilines is 1. The van der Waals surface area contributed by atoms with Crippen LogP contribution in [0.4, 0.5) is 5.69 Å². The third kappa shape index (κ3) is 2.71. The van der Waals surface area contributed by atoms with Crippen LogP contribution in [-0.4, -0.2) is 4.57 Å². The van der Waals surface area contributed by atoms with Crippen molar-refractivity contribution in [2.45, 2.75) is 13.0 Å². The van der Waals surface area contributed by atoms with Crippen molar-refractivity contribution in [3.63, 3.8) is 0 Å². The number of benzene rings is 1. The molecule has 1 aromatic carbocycles. The van der Waals surface area contributed by atoms with E-state index in [1.54, 1.807) is 11.3 Å². The fraction of sp³-hybridized carbons (Fsp3) is 0.125. The molecule has 0 saturated heterocycles. The fourth-order valence-electron chi connectivity index (χ4n) is 2.12. The summed E-state index contributed by atoms with van der Waals surface area (Å²) < 4.78 is 2.11. The number of nitrogens with zero attached hydrogens (tertiary/aromatic N) is 1. The van der Waals surface area contributed by atoms with E-state index in [1.807, 2.05) is 12.1 Å². The lowest BCUT2D eigenvalue weighted by atomic mass is 10.1. The Bertz CT molecular complexity index is 627. The van der Waals surface area contributed by atoms with E-state index in [-0.39, 0.29) is 0 Å². The van der Waals surface area contributed by atoms with Crippen molar-refractivity contribution in [3.05, 3.63) is 71.2 Å². The third-order valence-electron chi connectivity index (χ3n) is 3.18. The van der Waals surface area contributed by atoms with Crippen molar-refractivity contribution in [1.82, 2.24) is 4.57 Å². The van der Waals surface area contributed by atoms with Gasteiger partial charge in [0.05, 0.1) is 0 Å². The number of hydrogen-bond acceptors (Lipinski definition) is 2. The first-order chi connectivity index (χ1) is 9.33. The molecule has 96 valence electrons. The summed E-state index contributed by atoms with van der Waals surface area (Å²) in [5.74, 6) is 0. The van der Waals surface area contributed by atoms with Crippen LogP contribution in [0.15, 0.2) is 65.6 Å². The molecule has 0 amide bonds. The zero-order valence-electron chi connectivity index (χ0n) is 10.8. The zero-order chi connectivity index (χ0) is 13.1. The molecule has 0 radical (unpaired) electrons. The van der Waals surface area contributed by atoms with Crippen molar-refractivity contribution >= 4 is 17.0 Å². The topological polar surface area (TPSA) is 17.0 Å². The second-order valence-electron chi connectivity index (χ2n) is 4.56. The van der Waals surface area contributed by atoms with Gasteiger partial charge in [-0.15, -0.1) is 0 Å². The molecule has 1 unspecified atom stereocenters. The van der Waals surface area contributed by atoms with E-state index in [1.165, 1.54) is 11.3 Å². The zero-order valence-corrected chi connectivity index (χ0v) is 11.6. The smallest absolute Gasteiger partial charge is 0.0493 e. The van der Waals surface area contributed by atoms with Crippen LogP contribution in [0.5, 0.6) is 0 Å². The van der Waals surface area contributed by atoms with Crippen molar-refractivity contribution in [2.24, 2.45) is 0 Å². The van der Waals surface area contributed by atoms with Crippen LogP contribution >= 0.6 is 11.3 Å². The first kappa shape index (κ1) is 12.1.